The summed E-state index contributed by atoms with van der Waals surface area (Å²) in [6.45, 7) is 5.65. The van der Waals surface area contributed by atoms with Crippen LogP contribution in [-0.4, -0.2) is 48.8 Å². The topological polar surface area (TPSA) is 63.7 Å². The molecule has 0 bridgehead atoms. The molecule has 160 valence electrons. The lowest BCUT2D eigenvalue weighted by molar-refractivity contribution is -0.00522. The zero-order valence-electron chi connectivity index (χ0n) is 17.7. The highest BCUT2D eigenvalue weighted by atomic mass is 19.1. The Labute approximate surface area is 176 Å². The first-order valence-corrected chi connectivity index (χ1v) is 10.4. The van der Waals surface area contributed by atoms with Crippen LogP contribution in [0.2, 0.25) is 0 Å². The number of anilines is 1. The molecule has 1 saturated heterocycles. The van der Waals surface area contributed by atoms with Crippen LogP contribution in [0, 0.1) is 5.82 Å². The van der Waals surface area contributed by atoms with Crippen molar-refractivity contribution < 1.29 is 18.7 Å². The van der Waals surface area contributed by atoms with E-state index < -0.39 is 0 Å². The van der Waals surface area contributed by atoms with Gasteiger partial charge >= 0.3 is 0 Å². The van der Waals surface area contributed by atoms with Gasteiger partial charge in [-0.3, -0.25) is 9.78 Å². The summed E-state index contributed by atoms with van der Waals surface area (Å²) in [5.41, 5.74) is 1.73. The van der Waals surface area contributed by atoms with E-state index in [9.17, 15) is 9.18 Å². The van der Waals surface area contributed by atoms with E-state index >= 15 is 0 Å². The fourth-order valence-electron chi connectivity index (χ4n) is 4.18. The van der Waals surface area contributed by atoms with Gasteiger partial charge in [-0.1, -0.05) is 0 Å². The molecule has 4 rings (SSSR count). The van der Waals surface area contributed by atoms with Crippen molar-refractivity contribution in [2.75, 3.05) is 25.1 Å². The summed E-state index contributed by atoms with van der Waals surface area (Å²) in [6.07, 6.45) is 4.15. The van der Waals surface area contributed by atoms with E-state index in [-0.39, 0.29) is 29.5 Å². The van der Waals surface area contributed by atoms with Crippen LogP contribution in [0.1, 0.15) is 42.7 Å². The first kappa shape index (κ1) is 20.6. The molecule has 0 spiro atoms. The molecular weight excluding hydrogens is 385 g/mol. The smallest absolute Gasteiger partial charge is 0.270 e. The van der Waals surface area contributed by atoms with Crippen LogP contribution < -0.4 is 15.0 Å². The van der Waals surface area contributed by atoms with Gasteiger partial charge in [-0.15, -0.1) is 0 Å². The van der Waals surface area contributed by atoms with E-state index in [1.54, 1.807) is 19.4 Å². The third kappa shape index (κ3) is 4.56. The highest BCUT2D eigenvalue weighted by Crippen LogP contribution is 2.40. The predicted molar refractivity (Wildman–Crippen MR) is 113 cm³/mol. The van der Waals surface area contributed by atoms with E-state index in [1.165, 1.54) is 12.1 Å². The molecule has 2 fully saturated rings. The average molecular weight is 413 g/mol. The Morgan fingerprint density at radius 1 is 1.27 bits per heavy atom. The fraction of sp³-hybridized carbons (Fsp3) is 0.478. The molecule has 1 N–H and O–H groups in total. The second-order valence-corrected chi connectivity index (χ2v) is 8.43. The minimum Gasteiger partial charge on any atom is -0.496 e. The second-order valence-electron chi connectivity index (χ2n) is 8.43. The highest BCUT2D eigenvalue weighted by molar-refractivity contribution is 5.94. The number of carbonyl (C=O) groups excluding carboxylic acids is 1. The number of aromatic nitrogens is 1. The zero-order valence-corrected chi connectivity index (χ0v) is 17.7. The number of benzene rings is 1. The van der Waals surface area contributed by atoms with Crippen molar-refractivity contribution in [3.05, 3.63) is 53.6 Å². The Hall–Kier alpha value is -2.67. The molecule has 0 unspecified atom stereocenters. The Balaban J connectivity index is 1.47. The van der Waals surface area contributed by atoms with Crippen LogP contribution in [0.3, 0.4) is 0 Å². The SMILES string of the molecule is COc1ccc(F)cc1CC1(NC(=O)c2cc(N3C[C@@H](C)O[C@H](C)C3)ccn2)CC1. The Morgan fingerprint density at radius 2 is 2.00 bits per heavy atom. The number of hydrogen-bond acceptors (Lipinski definition) is 5. The minimum atomic E-state index is -0.377. The van der Waals surface area contributed by atoms with Crippen molar-refractivity contribution in [2.24, 2.45) is 0 Å². The molecule has 1 aliphatic heterocycles. The molecule has 1 aromatic heterocycles. The number of morpholine rings is 1. The van der Waals surface area contributed by atoms with Crippen molar-refractivity contribution in [3.8, 4) is 5.75 Å². The number of halogens is 1. The van der Waals surface area contributed by atoms with Gasteiger partial charge in [0, 0.05) is 30.5 Å². The lowest BCUT2D eigenvalue weighted by Crippen LogP contribution is -2.45. The number of nitrogens with one attached hydrogen (secondary N) is 1. The molecule has 0 radical (unpaired) electrons. The third-order valence-corrected chi connectivity index (χ3v) is 5.76. The van der Waals surface area contributed by atoms with Gasteiger partial charge in [0.2, 0.25) is 0 Å². The van der Waals surface area contributed by atoms with E-state index in [4.69, 9.17) is 9.47 Å². The van der Waals surface area contributed by atoms with Gasteiger partial charge in [0.25, 0.3) is 5.91 Å². The number of pyridine rings is 1. The maximum absolute atomic E-state index is 13.7. The number of carbonyl (C=O) groups is 1. The van der Waals surface area contributed by atoms with Crippen molar-refractivity contribution in [1.82, 2.24) is 10.3 Å². The standard InChI is InChI=1S/C23H28FN3O3/c1-15-13-27(14-16(2)30-15)19-6-9-25-20(11-19)22(28)26-23(7-8-23)12-17-10-18(24)4-5-21(17)29-3/h4-6,9-11,15-16H,7-8,12-14H2,1-3H3,(H,26,28)/t15-,16-/m1/s1. The molecule has 30 heavy (non-hydrogen) atoms. The average Bonchev–Trinajstić information content (AvgIpc) is 3.46. The molecular formula is C23H28FN3O3. The van der Waals surface area contributed by atoms with Crippen LogP contribution in [0.15, 0.2) is 36.5 Å². The summed E-state index contributed by atoms with van der Waals surface area (Å²) >= 11 is 0. The normalized spacial score (nSPS) is 22.5. The first-order chi connectivity index (χ1) is 14.4. The van der Waals surface area contributed by atoms with Gasteiger partial charge in [0.15, 0.2) is 0 Å². The van der Waals surface area contributed by atoms with Gasteiger partial charge in [-0.05, 0) is 69.0 Å². The van der Waals surface area contributed by atoms with Crippen molar-refractivity contribution >= 4 is 11.6 Å². The van der Waals surface area contributed by atoms with Gasteiger partial charge in [-0.25, -0.2) is 4.39 Å². The number of methoxy groups -OCH3 is 1. The first-order valence-electron chi connectivity index (χ1n) is 10.4. The van der Waals surface area contributed by atoms with Crippen LogP contribution in [0.25, 0.3) is 0 Å². The molecule has 2 atom stereocenters. The summed E-state index contributed by atoms with van der Waals surface area (Å²) in [5.74, 6) is 0.114. The largest absolute Gasteiger partial charge is 0.496 e. The lowest BCUT2D eigenvalue weighted by Gasteiger charge is -2.36. The van der Waals surface area contributed by atoms with Gasteiger partial charge in [0.1, 0.15) is 17.3 Å². The quantitative estimate of drug-likeness (QED) is 0.787. The maximum atomic E-state index is 13.7. The zero-order chi connectivity index (χ0) is 21.3. The molecule has 1 saturated carbocycles. The number of rotatable bonds is 6. The van der Waals surface area contributed by atoms with E-state index in [0.29, 0.717) is 17.9 Å². The molecule has 2 aliphatic rings. The van der Waals surface area contributed by atoms with Gasteiger partial charge in [-0.2, -0.15) is 0 Å². The Kier molecular flexibility index (Phi) is 5.64. The summed E-state index contributed by atoms with van der Waals surface area (Å²) in [7, 11) is 1.57. The van der Waals surface area contributed by atoms with E-state index in [1.807, 2.05) is 12.1 Å². The maximum Gasteiger partial charge on any atom is 0.270 e. The molecule has 1 aromatic carbocycles. The number of ether oxygens (including phenoxy) is 2. The third-order valence-electron chi connectivity index (χ3n) is 5.76. The number of nitrogens with zero attached hydrogens (tertiary/aromatic N) is 2. The summed E-state index contributed by atoms with van der Waals surface area (Å²) < 4.78 is 24.9. The molecule has 6 nitrogen and oxygen atoms in total. The van der Waals surface area contributed by atoms with Crippen molar-refractivity contribution in [1.29, 1.82) is 0 Å². The second kappa shape index (κ2) is 8.22. The number of amides is 1. The van der Waals surface area contributed by atoms with Gasteiger partial charge in [0.05, 0.1) is 19.3 Å². The van der Waals surface area contributed by atoms with E-state index in [2.05, 4.69) is 29.0 Å². The lowest BCUT2D eigenvalue weighted by atomic mass is 10.0. The van der Waals surface area contributed by atoms with Crippen molar-refractivity contribution in [2.45, 2.75) is 50.9 Å². The predicted octanol–water partition coefficient (Wildman–Crippen LogP) is 3.35. The molecule has 2 aromatic rings. The van der Waals surface area contributed by atoms with Crippen LogP contribution >= 0.6 is 0 Å². The monoisotopic (exact) mass is 413 g/mol. The highest BCUT2D eigenvalue weighted by Gasteiger charge is 2.45. The molecule has 1 aliphatic carbocycles. The van der Waals surface area contributed by atoms with E-state index in [0.717, 1.165) is 37.2 Å². The molecule has 7 heteroatoms. The van der Waals surface area contributed by atoms with Gasteiger partial charge < -0.3 is 19.7 Å². The molecule has 1 amide bonds. The van der Waals surface area contributed by atoms with Crippen molar-refractivity contribution in [3.63, 3.8) is 0 Å². The minimum absolute atomic E-state index is 0.134. The summed E-state index contributed by atoms with van der Waals surface area (Å²) in [6, 6.07) is 8.23. The number of hydrogen-bond donors (Lipinski definition) is 1. The van der Waals surface area contributed by atoms with Crippen LogP contribution in [-0.2, 0) is 11.2 Å². The fourth-order valence-corrected chi connectivity index (χ4v) is 4.18. The Bertz CT molecular complexity index is 922. The Morgan fingerprint density at radius 3 is 2.67 bits per heavy atom. The summed E-state index contributed by atoms with van der Waals surface area (Å²) in [4.78, 5) is 19.5. The summed E-state index contributed by atoms with van der Waals surface area (Å²) in [5, 5.41) is 3.13. The van der Waals surface area contributed by atoms with Crippen LogP contribution in [0.5, 0.6) is 5.75 Å². The van der Waals surface area contributed by atoms with Crippen LogP contribution in [0.4, 0.5) is 10.1 Å². The molecule has 2 heterocycles.